The van der Waals surface area contributed by atoms with Gasteiger partial charge in [0, 0.05) is 12.1 Å². The van der Waals surface area contributed by atoms with Crippen LogP contribution in [0.3, 0.4) is 0 Å². The molecule has 7 nitrogen and oxygen atoms in total. The first-order chi connectivity index (χ1) is 12.6. The van der Waals surface area contributed by atoms with E-state index in [-0.39, 0.29) is 24.5 Å². The van der Waals surface area contributed by atoms with Crippen molar-refractivity contribution < 1.29 is 28.5 Å². The summed E-state index contributed by atoms with van der Waals surface area (Å²) in [4.78, 5) is 24.3. The van der Waals surface area contributed by atoms with E-state index >= 15 is 0 Å². The minimum absolute atomic E-state index is 0.106. The third-order valence-corrected chi connectivity index (χ3v) is 3.47. The molecule has 1 N–H and O–H groups in total. The Labute approximate surface area is 151 Å². The van der Waals surface area contributed by atoms with E-state index in [0.29, 0.717) is 11.5 Å². The van der Waals surface area contributed by atoms with Gasteiger partial charge in [-0.1, -0.05) is 30.3 Å². The highest BCUT2D eigenvalue weighted by Crippen LogP contribution is 2.34. The molecule has 7 heteroatoms. The first-order valence-corrected chi connectivity index (χ1v) is 7.99. The Kier molecular flexibility index (Phi) is 6.84. The van der Waals surface area contributed by atoms with E-state index in [0.717, 1.165) is 5.56 Å². The van der Waals surface area contributed by atoms with Gasteiger partial charge in [-0.3, -0.25) is 5.32 Å². The van der Waals surface area contributed by atoms with Gasteiger partial charge in [-0.25, -0.2) is 9.59 Å². The normalized spacial score (nSPS) is 9.96. The molecule has 0 aliphatic rings. The second kappa shape index (κ2) is 9.31. The van der Waals surface area contributed by atoms with Crippen LogP contribution >= 0.6 is 0 Å². The molecule has 0 aliphatic heterocycles. The van der Waals surface area contributed by atoms with Crippen LogP contribution in [0, 0.1) is 0 Å². The molecule has 2 aromatic carbocycles. The molecule has 0 saturated carbocycles. The van der Waals surface area contributed by atoms with Crippen molar-refractivity contribution in [2.45, 2.75) is 13.5 Å². The maximum absolute atomic E-state index is 12.2. The van der Waals surface area contributed by atoms with E-state index in [1.807, 2.05) is 30.3 Å². The highest BCUT2D eigenvalue weighted by Gasteiger charge is 2.20. The molecule has 0 atom stereocenters. The molecular formula is C19H21NO6. The molecule has 0 fully saturated rings. The molecule has 0 bridgehead atoms. The van der Waals surface area contributed by atoms with Gasteiger partial charge in [0.2, 0.25) is 0 Å². The van der Waals surface area contributed by atoms with Crippen molar-refractivity contribution in [1.82, 2.24) is 0 Å². The fourth-order valence-electron chi connectivity index (χ4n) is 2.23. The molecule has 26 heavy (non-hydrogen) atoms. The van der Waals surface area contributed by atoms with Crippen LogP contribution in [0.4, 0.5) is 10.5 Å². The Morgan fingerprint density at radius 1 is 0.962 bits per heavy atom. The van der Waals surface area contributed by atoms with Crippen molar-refractivity contribution in [3.8, 4) is 11.5 Å². The Hall–Kier alpha value is -3.22. The Balaban J connectivity index is 2.19. The van der Waals surface area contributed by atoms with Gasteiger partial charge >= 0.3 is 12.1 Å². The van der Waals surface area contributed by atoms with Crippen molar-refractivity contribution >= 4 is 17.7 Å². The van der Waals surface area contributed by atoms with Crippen LogP contribution in [-0.4, -0.2) is 32.9 Å². The minimum Gasteiger partial charge on any atom is -0.493 e. The number of nitrogens with one attached hydrogen (secondary N) is 1. The van der Waals surface area contributed by atoms with E-state index in [4.69, 9.17) is 18.9 Å². The van der Waals surface area contributed by atoms with Crippen molar-refractivity contribution in [2.75, 3.05) is 26.1 Å². The van der Waals surface area contributed by atoms with Crippen LogP contribution < -0.4 is 14.8 Å². The minimum atomic E-state index is -0.702. The summed E-state index contributed by atoms with van der Waals surface area (Å²) in [5.74, 6) is 0.115. The zero-order valence-electron chi connectivity index (χ0n) is 14.9. The fourth-order valence-corrected chi connectivity index (χ4v) is 2.23. The van der Waals surface area contributed by atoms with Crippen LogP contribution in [-0.2, 0) is 16.1 Å². The number of methoxy groups -OCH3 is 2. The highest BCUT2D eigenvalue weighted by molar-refractivity contribution is 6.00. The lowest BCUT2D eigenvalue weighted by Gasteiger charge is -2.15. The van der Waals surface area contributed by atoms with Gasteiger partial charge in [-0.2, -0.15) is 0 Å². The number of benzene rings is 2. The number of anilines is 1. The Morgan fingerprint density at radius 3 is 2.23 bits per heavy atom. The van der Waals surface area contributed by atoms with E-state index in [9.17, 15) is 9.59 Å². The summed E-state index contributed by atoms with van der Waals surface area (Å²) in [6, 6.07) is 12.2. The van der Waals surface area contributed by atoms with Gasteiger partial charge in [0.1, 0.15) is 6.61 Å². The second-order valence-electron chi connectivity index (χ2n) is 5.16. The van der Waals surface area contributed by atoms with Crippen LogP contribution in [0.15, 0.2) is 42.5 Å². The van der Waals surface area contributed by atoms with Crippen molar-refractivity contribution in [1.29, 1.82) is 0 Å². The molecule has 0 aliphatic carbocycles. The first kappa shape index (κ1) is 19.1. The van der Waals surface area contributed by atoms with Gasteiger partial charge in [0.25, 0.3) is 0 Å². The number of hydrogen-bond acceptors (Lipinski definition) is 6. The number of rotatable bonds is 7. The highest BCUT2D eigenvalue weighted by atomic mass is 16.5. The zero-order chi connectivity index (χ0) is 18.9. The summed E-state index contributed by atoms with van der Waals surface area (Å²) in [7, 11) is 2.91. The Bertz CT molecular complexity index is 760. The second-order valence-corrected chi connectivity index (χ2v) is 5.16. The summed E-state index contributed by atoms with van der Waals surface area (Å²) in [5.41, 5.74) is 1.20. The smallest absolute Gasteiger partial charge is 0.411 e. The average molecular weight is 359 g/mol. The van der Waals surface area contributed by atoms with E-state index in [1.165, 1.54) is 26.4 Å². The lowest BCUT2D eigenvalue weighted by atomic mass is 10.1. The molecule has 138 valence electrons. The van der Waals surface area contributed by atoms with E-state index in [2.05, 4.69) is 5.32 Å². The molecule has 0 unspecified atom stereocenters. The molecule has 1 amide bonds. The molecule has 0 saturated heterocycles. The first-order valence-electron chi connectivity index (χ1n) is 7.99. The van der Waals surface area contributed by atoms with Gasteiger partial charge < -0.3 is 18.9 Å². The van der Waals surface area contributed by atoms with Crippen molar-refractivity contribution in [2.24, 2.45) is 0 Å². The SMILES string of the molecule is CCOC(=O)c1cc(OC)c(OC)cc1NC(=O)OCc1ccccc1. The van der Waals surface area contributed by atoms with E-state index < -0.39 is 12.1 Å². The summed E-state index contributed by atoms with van der Waals surface area (Å²) in [5, 5.41) is 2.55. The van der Waals surface area contributed by atoms with Gasteiger partial charge in [-0.15, -0.1) is 0 Å². The van der Waals surface area contributed by atoms with Gasteiger partial charge in [0.15, 0.2) is 11.5 Å². The van der Waals surface area contributed by atoms with Crippen LogP contribution in [0.25, 0.3) is 0 Å². The lowest BCUT2D eigenvalue weighted by molar-refractivity contribution is 0.0527. The molecule has 2 rings (SSSR count). The van der Waals surface area contributed by atoms with Crippen LogP contribution in [0.1, 0.15) is 22.8 Å². The van der Waals surface area contributed by atoms with Crippen LogP contribution in [0.2, 0.25) is 0 Å². The van der Waals surface area contributed by atoms with Crippen molar-refractivity contribution in [3.63, 3.8) is 0 Å². The summed E-state index contributed by atoms with van der Waals surface area (Å²) in [6.07, 6.45) is -0.702. The largest absolute Gasteiger partial charge is 0.493 e. The number of hydrogen-bond donors (Lipinski definition) is 1. The number of ether oxygens (including phenoxy) is 4. The maximum Gasteiger partial charge on any atom is 0.411 e. The fraction of sp³-hybridized carbons (Fsp3) is 0.263. The molecule has 0 spiro atoms. The monoisotopic (exact) mass is 359 g/mol. The standard InChI is InChI=1S/C19H21NO6/c1-4-25-18(21)14-10-16(23-2)17(24-3)11-15(14)20-19(22)26-12-13-8-6-5-7-9-13/h5-11H,4,12H2,1-3H3,(H,20,22). The number of esters is 1. The zero-order valence-corrected chi connectivity index (χ0v) is 14.9. The van der Waals surface area contributed by atoms with Crippen molar-refractivity contribution in [3.05, 3.63) is 53.6 Å². The number of carbonyl (C=O) groups excluding carboxylic acids is 2. The molecule has 0 aromatic heterocycles. The predicted octanol–water partition coefficient (Wildman–Crippen LogP) is 3.63. The van der Waals surface area contributed by atoms with Crippen LogP contribution in [0.5, 0.6) is 11.5 Å². The third-order valence-electron chi connectivity index (χ3n) is 3.47. The third kappa shape index (κ3) is 4.89. The Morgan fingerprint density at radius 2 is 1.62 bits per heavy atom. The molecule has 0 radical (unpaired) electrons. The lowest BCUT2D eigenvalue weighted by Crippen LogP contribution is -2.17. The maximum atomic E-state index is 12.2. The molecule has 0 heterocycles. The van der Waals surface area contributed by atoms with Gasteiger partial charge in [0.05, 0.1) is 32.1 Å². The average Bonchev–Trinajstić information content (AvgIpc) is 2.67. The summed E-state index contributed by atoms with van der Waals surface area (Å²) >= 11 is 0. The summed E-state index contributed by atoms with van der Waals surface area (Å²) in [6.45, 7) is 2.00. The number of carbonyl (C=O) groups is 2. The quantitative estimate of drug-likeness (QED) is 0.760. The summed E-state index contributed by atoms with van der Waals surface area (Å²) < 4.78 is 20.6. The number of amides is 1. The van der Waals surface area contributed by atoms with Gasteiger partial charge in [-0.05, 0) is 12.5 Å². The van der Waals surface area contributed by atoms with E-state index in [1.54, 1.807) is 6.92 Å². The topological polar surface area (TPSA) is 83.1 Å². The molecular weight excluding hydrogens is 338 g/mol. The molecule has 2 aromatic rings. The predicted molar refractivity (Wildman–Crippen MR) is 95.8 cm³/mol.